The number of benzene rings is 3. The van der Waals surface area contributed by atoms with Crippen molar-refractivity contribution in [2.75, 3.05) is 18.4 Å². The van der Waals surface area contributed by atoms with Crippen LogP contribution in [-0.2, 0) is 16.4 Å². The highest BCUT2D eigenvalue weighted by atomic mass is 32.2. The van der Waals surface area contributed by atoms with Crippen LogP contribution in [0.5, 0.6) is 0 Å². The van der Waals surface area contributed by atoms with Gasteiger partial charge in [0.15, 0.2) is 5.13 Å². The van der Waals surface area contributed by atoms with Crippen molar-refractivity contribution in [3.63, 3.8) is 0 Å². The maximum absolute atomic E-state index is 12.9. The maximum Gasteiger partial charge on any atom is 0.257 e. The highest BCUT2D eigenvalue weighted by molar-refractivity contribution is 7.89. The van der Waals surface area contributed by atoms with E-state index in [1.54, 1.807) is 12.1 Å². The molecular weight excluding hydrogens is 502 g/mol. The number of hydrogen-bond donors (Lipinski definition) is 1. The molecule has 1 fully saturated rings. The number of rotatable bonds is 8. The number of aryl methyl sites for hydroxylation is 1. The minimum Gasteiger partial charge on any atom is -0.298 e. The third-order valence-electron chi connectivity index (χ3n) is 6.48. The SMILES string of the molecule is CCCc1sc(NC(=O)c2ccc(S(=O)(=O)N3CCCC3)cc2)nc1-c1ccc(-c2ccccc2)cc1. The van der Waals surface area contributed by atoms with Gasteiger partial charge in [-0.2, -0.15) is 4.31 Å². The molecule has 1 amide bonds. The Morgan fingerprint density at radius 1 is 0.892 bits per heavy atom. The van der Waals surface area contributed by atoms with Crippen molar-refractivity contribution in [1.82, 2.24) is 9.29 Å². The zero-order chi connectivity index (χ0) is 25.8. The highest BCUT2D eigenvalue weighted by Crippen LogP contribution is 2.34. The molecule has 6 nitrogen and oxygen atoms in total. The number of thiazole rings is 1. The summed E-state index contributed by atoms with van der Waals surface area (Å²) in [6.45, 7) is 3.22. The van der Waals surface area contributed by atoms with Crippen LogP contribution in [0, 0.1) is 0 Å². The van der Waals surface area contributed by atoms with Crippen LogP contribution in [0.15, 0.2) is 83.8 Å². The number of hydrogen-bond acceptors (Lipinski definition) is 5. The second-order valence-corrected chi connectivity index (χ2v) is 12.1. The molecule has 4 aromatic rings. The van der Waals surface area contributed by atoms with Gasteiger partial charge in [0.2, 0.25) is 10.0 Å². The molecule has 1 saturated heterocycles. The van der Waals surface area contributed by atoms with E-state index in [1.807, 2.05) is 18.2 Å². The summed E-state index contributed by atoms with van der Waals surface area (Å²) in [7, 11) is -3.51. The molecule has 8 heteroatoms. The molecule has 0 spiro atoms. The van der Waals surface area contributed by atoms with E-state index in [2.05, 4.69) is 48.6 Å². The number of carbonyl (C=O) groups excluding carboxylic acids is 1. The second-order valence-electron chi connectivity index (χ2n) is 9.07. The molecule has 1 aromatic heterocycles. The lowest BCUT2D eigenvalue weighted by Crippen LogP contribution is -2.27. The van der Waals surface area contributed by atoms with Crippen LogP contribution in [0.1, 0.15) is 41.4 Å². The first-order valence-electron chi connectivity index (χ1n) is 12.5. The predicted octanol–water partition coefficient (Wildman–Crippen LogP) is 6.47. The number of nitrogens with zero attached hydrogens (tertiary/aromatic N) is 2. The molecule has 0 saturated carbocycles. The van der Waals surface area contributed by atoms with Crippen molar-refractivity contribution in [3.05, 3.63) is 89.3 Å². The van der Waals surface area contributed by atoms with Gasteiger partial charge >= 0.3 is 0 Å². The Labute approximate surface area is 222 Å². The summed E-state index contributed by atoms with van der Waals surface area (Å²) in [5.74, 6) is -0.312. The summed E-state index contributed by atoms with van der Waals surface area (Å²) in [6, 6.07) is 24.7. The van der Waals surface area contributed by atoms with Crippen LogP contribution < -0.4 is 5.32 Å². The average molecular weight is 532 g/mol. The quantitative estimate of drug-likeness (QED) is 0.283. The summed E-state index contributed by atoms with van der Waals surface area (Å²) >= 11 is 1.48. The van der Waals surface area contributed by atoms with E-state index in [4.69, 9.17) is 4.98 Å². The average Bonchev–Trinajstić information content (AvgIpc) is 3.61. The molecule has 1 aliphatic rings. The largest absolute Gasteiger partial charge is 0.298 e. The summed E-state index contributed by atoms with van der Waals surface area (Å²) in [6.07, 6.45) is 3.60. The first-order valence-corrected chi connectivity index (χ1v) is 14.8. The van der Waals surface area contributed by atoms with E-state index >= 15 is 0 Å². The van der Waals surface area contributed by atoms with Crippen LogP contribution in [-0.4, -0.2) is 36.7 Å². The molecule has 1 aliphatic heterocycles. The number of carbonyl (C=O) groups is 1. The molecule has 0 aliphatic carbocycles. The molecule has 0 bridgehead atoms. The van der Waals surface area contributed by atoms with Gasteiger partial charge in [-0.3, -0.25) is 10.1 Å². The van der Waals surface area contributed by atoms with Gasteiger partial charge in [-0.1, -0.05) is 67.9 Å². The van der Waals surface area contributed by atoms with Gasteiger partial charge < -0.3 is 0 Å². The fourth-order valence-electron chi connectivity index (χ4n) is 4.50. The van der Waals surface area contributed by atoms with Gasteiger partial charge in [-0.15, -0.1) is 11.3 Å². The molecule has 0 atom stereocenters. The van der Waals surface area contributed by atoms with Crippen LogP contribution in [0.4, 0.5) is 5.13 Å². The maximum atomic E-state index is 12.9. The number of amides is 1. The summed E-state index contributed by atoms with van der Waals surface area (Å²) in [4.78, 5) is 19.0. The molecule has 37 heavy (non-hydrogen) atoms. The van der Waals surface area contributed by atoms with Crippen LogP contribution >= 0.6 is 11.3 Å². The van der Waals surface area contributed by atoms with Gasteiger partial charge in [-0.05, 0) is 54.7 Å². The Kier molecular flexibility index (Phi) is 7.50. The Morgan fingerprint density at radius 2 is 1.51 bits per heavy atom. The van der Waals surface area contributed by atoms with Crippen LogP contribution in [0.2, 0.25) is 0 Å². The van der Waals surface area contributed by atoms with Gasteiger partial charge in [0.05, 0.1) is 10.6 Å². The van der Waals surface area contributed by atoms with Crippen molar-refractivity contribution in [2.24, 2.45) is 0 Å². The normalized spacial score (nSPS) is 14.1. The van der Waals surface area contributed by atoms with E-state index in [1.165, 1.54) is 27.8 Å². The van der Waals surface area contributed by atoms with Gasteiger partial charge in [0.25, 0.3) is 5.91 Å². The smallest absolute Gasteiger partial charge is 0.257 e. The number of sulfonamides is 1. The minimum absolute atomic E-state index is 0.215. The molecule has 0 radical (unpaired) electrons. The lowest BCUT2D eigenvalue weighted by molar-refractivity contribution is 0.102. The van der Waals surface area contributed by atoms with Gasteiger partial charge in [-0.25, -0.2) is 13.4 Å². The van der Waals surface area contributed by atoms with Crippen molar-refractivity contribution in [1.29, 1.82) is 0 Å². The first kappa shape index (κ1) is 25.3. The highest BCUT2D eigenvalue weighted by Gasteiger charge is 2.27. The van der Waals surface area contributed by atoms with E-state index in [0.717, 1.165) is 52.9 Å². The standard InChI is InChI=1S/C29H29N3O3S2/c1-2-8-26-27(23-13-11-22(12-14-23)21-9-4-3-5-10-21)30-29(36-26)31-28(33)24-15-17-25(18-16-24)37(34,35)32-19-6-7-20-32/h3-5,9-18H,2,6-8,19-20H2,1H3,(H,30,31,33). The minimum atomic E-state index is -3.51. The predicted molar refractivity (Wildman–Crippen MR) is 149 cm³/mol. The summed E-state index contributed by atoms with van der Waals surface area (Å²) < 4.78 is 27.0. The van der Waals surface area contributed by atoms with Crippen LogP contribution in [0.25, 0.3) is 22.4 Å². The molecule has 1 N–H and O–H groups in total. The Morgan fingerprint density at radius 3 is 2.16 bits per heavy atom. The fraction of sp³-hybridized carbons (Fsp3) is 0.241. The first-order chi connectivity index (χ1) is 18.0. The zero-order valence-electron chi connectivity index (χ0n) is 20.7. The van der Waals surface area contributed by atoms with Gasteiger partial charge in [0, 0.05) is 29.1 Å². The molecule has 190 valence electrons. The van der Waals surface area contributed by atoms with Crippen molar-refractivity contribution in [2.45, 2.75) is 37.5 Å². The van der Waals surface area contributed by atoms with E-state index in [0.29, 0.717) is 23.8 Å². The second kappa shape index (κ2) is 11.0. The molecule has 0 unspecified atom stereocenters. The van der Waals surface area contributed by atoms with Crippen molar-refractivity contribution < 1.29 is 13.2 Å². The fourth-order valence-corrected chi connectivity index (χ4v) is 7.10. The number of anilines is 1. The van der Waals surface area contributed by atoms with Crippen molar-refractivity contribution >= 4 is 32.4 Å². The lowest BCUT2D eigenvalue weighted by atomic mass is 10.0. The van der Waals surface area contributed by atoms with E-state index < -0.39 is 10.0 Å². The summed E-state index contributed by atoms with van der Waals surface area (Å²) in [5, 5.41) is 3.44. The Hall–Kier alpha value is -3.33. The monoisotopic (exact) mass is 531 g/mol. The topological polar surface area (TPSA) is 79.4 Å². The number of nitrogens with one attached hydrogen (secondary N) is 1. The third kappa shape index (κ3) is 5.51. The van der Waals surface area contributed by atoms with Gasteiger partial charge in [0.1, 0.15) is 0 Å². The van der Waals surface area contributed by atoms with Crippen molar-refractivity contribution in [3.8, 4) is 22.4 Å². The molecular formula is C29H29N3O3S2. The molecule has 2 heterocycles. The van der Waals surface area contributed by atoms with E-state index in [9.17, 15) is 13.2 Å². The number of aromatic nitrogens is 1. The third-order valence-corrected chi connectivity index (χ3v) is 9.42. The Bertz CT molecular complexity index is 1470. The Balaban J connectivity index is 1.33. The zero-order valence-corrected chi connectivity index (χ0v) is 22.3. The lowest BCUT2D eigenvalue weighted by Gasteiger charge is -2.15. The summed E-state index contributed by atoms with van der Waals surface area (Å²) in [5.41, 5.74) is 4.58. The molecule has 5 rings (SSSR count). The molecule has 3 aromatic carbocycles. The van der Waals surface area contributed by atoms with E-state index in [-0.39, 0.29) is 10.8 Å². The van der Waals surface area contributed by atoms with Crippen LogP contribution in [0.3, 0.4) is 0 Å².